The number of pyridine rings is 1. The van der Waals surface area contributed by atoms with Crippen molar-refractivity contribution in [2.75, 3.05) is 11.9 Å². The summed E-state index contributed by atoms with van der Waals surface area (Å²) in [6, 6.07) is 3.45. The molecule has 1 fully saturated rings. The molecule has 0 saturated heterocycles. The van der Waals surface area contributed by atoms with Crippen molar-refractivity contribution in [3.8, 4) is 0 Å². The molecule has 3 N–H and O–H groups in total. The van der Waals surface area contributed by atoms with Gasteiger partial charge in [-0.25, -0.2) is 0 Å². The first-order valence-electron chi connectivity index (χ1n) is 5.28. The highest BCUT2D eigenvalue weighted by atomic mass is 16.6. The number of nitrogens with one attached hydrogen (secondary N) is 1. The molecule has 1 unspecified atom stereocenters. The summed E-state index contributed by atoms with van der Waals surface area (Å²) >= 11 is 0. The van der Waals surface area contributed by atoms with E-state index in [1.807, 2.05) is 0 Å². The van der Waals surface area contributed by atoms with Crippen LogP contribution >= 0.6 is 0 Å². The lowest BCUT2D eigenvalue weighted by atomic mass is 10.2. The van der Waals surface area contributed by atoms with E-state index in [9.17, 15) is 10.1 Å². The van der Waals surface area contributed by atoms with Crippen LogP contribution in [-0.2, 0) is 0 Å². The molecule has 0 aromatic carbocycles. The topological polar surface area (TPSA) is 94.1 Å². The Bertz CT molecular complexity index is 392. The molecule has 0 spiro atoms. The minimum absolute atomic E-state index is 0.114. The van der Waals surface area contributed by atoms with E-state index < -0.39 is 4.92 Å². The largest absolute Gasteiger partial charge is 0.386 e. The lowest BCUT2D eigenvalue weighted by Crippen LogP contribution is -2.31. The normalized spacial score (nSPS) is 16.8. The molecular weight excluding hydrogens is 208 g/mol. The summed E-state index contributed by atoms with van der Waals surface area (Å²) in [5.41, 5.74) is 6.09. The second-order valence-corrected chi connectivity index (χ2v) is 3.96. The van der Waals surface area contributed by atoms with E-state index in [1.54, 1.807) is 12.1 Å². The Balaban J connectivity index is 2.15. The van der Waals surface area contributed by atoms with Crippen LogP contribution in [0.25, 0.3) is 0 Å². The van der Waals surface area contributed by atoms with Crippen molar-refractivity contribution in [2.45, 2.75) is 18.9 Å². The summed E-state index contributed by atoms with van der Waals surface area (Å²) in [5, 5.41) is 13.9. The lowest BCUT2D eigenvalue weighted by molar-refractivity contribution is -0.388. The highest BCUT2D eigenvalue weighted by Gasteiger charge is 2.31. The molecule has 1 atom stereocenters. The van der Waals surface area contributed by atoms with Crippen LogP contribution in [0.3, 0.4) is 0 Å². The molecule has 6 nitrogen and oxygen atoms in total. The third-order valence-corrected chi connectivity index (χ3v) is 2.75. The summed E-state index contributed by atoms with van der Waals surface area (Å²) in [5.74, 6) is 0.409. The van der Waals surface area contributed by atoms with Gasteiger partial charge in [-0.1, -0.05) is 0 Å². The Morgan fingerprint density at radius 1 is 1.69 bits per heavy atom. The van der Waals surface area contributed by atoms with Gasteiger partial charge in [-0.3, -0.25) is 0 Å². The molecule has 1 saturated carbocycles. The van der Waals surface area contributed by atoms with Gasteiger partial charge in [0.05, 0.1) is 0 Å². The third kappa shape index (κ3) is 2.27. The maximum atomic E-state index is 10.7. The minimum atomic E-state index is -0.483. The molecule has 1 heterocycles. The SMILES string of the molecule is NCC(Nc1cccnc1[N+](=O)[O-])C1CC1. The zero-order valence-corrected chi connectivity index (χ0v) is 8.80. The summed E-state index contributed by atoms with van der Waals surface area (Å²) in [6.07, 6.45) is 3.70. The molecule has 86 valence electrons. The Kier molecular flexibility index (Phi) is 3.00. The van der Waals surface area contributed by atoms with E-state index >= 15 is 0 Å². The van der Waals surface area contributed by atoms with Gasteiger partial charge in [0.1, 0.15) is 11.9 Å². The van der Waals surface area contributed by atoms with Gasteiger partial charge in [0.15, 0.2) is 0 Å². The number of nitrogens with zero attached hydrogens (tertiary/aromatic N) is 2. The standard InChI is InChI=1S/C10H14N4O2/c11-6-9(7-3-4-7)13-8-2-1-5-12-10(8)14(15)16/h1-2,5,7,9,13H,3-4,6,11H2. The van der Waals surface area contributed by atoms with E-state index in [0.29, 0.717) is 18.2 Å². The maximum Gasteiger partial charge on any atom is 0.386 e. The molecule has 0 amide bonds. The van der Waals surface area contributed by atoms with E-state index in [4.69, 9.17) is 5.73 Å². The van der Waals surface area contributed by atoms with Gasteiger partial charge >= 0.3 is 5.82 Å². The van der Waals surface area contributed by atoms with E-state index in [1.165, 1.54) is 6.20 Å². The molecule has 1 aromatic heterocycles. The molecule has 0 bridgehead atoms. The quantitative estimate of drug-likeness (QED) is 0.575. The monoisotopic (exact) mass is 222 g/mol. The highest BCUT2D eigenvalue weighted by molar-refractivity contribution is 5.57. The van der Waals surface area contributed by atoms with Gasteiger partial charge in [0.2, 0.25) is 0 Å². The second kappa shape index (κ2) is 4.44. The fourth-order valence-electron chi connectivity index (χ4n) is 1.72. The van der Waals surface area contributed by atoms with Crippen LogP contribution in [0.4, 0.5) is 11.5 Å². The van der Waals surface area contributed by atoms with Crippen molar-refractivity contribution >= 4 is 11.5 Å². The summed E-state index contributed by atoms with van der Waals surface area (Å²) in [7, 11) is 0. The van der Waals surface area contributed by atoms with E-state index in [-0.39, 0.29) is 11.9 Å². The minimum Gasteiger partial charge on any atom is -0.374 e. The van der Waals surface area contributed by atoms with Crippen LogP contribution in [0.5, 0.6) is 0 Å². The predicted octanol–water partition coefficient (Wildman–Crippen LogP) is 1.14. The first-order valence-corrected chi connectivity index (χ1v) is 5.28. The Morgan fingerprint density at radius 2 is 2.44 bits per heavy atom. The molecule has 6 heteroatoms. The fraction of sp³-hybridized carbons (Fsp3) is 0.500. The fourth-order valence-corrected chi connectivity index (χ4v) is 1.72. The van der Waals surface area contributed by atoms with Gasteiger partial charge in [-0.05, 0) is 40.8 Å². The van der Waals surface area contributed by atoms with Gasteiger partial charge < -0.3 is 21.2 Å². The first-order chi connectivity index (χ1) is 7.72. The third-order valence-electron chi connectivity index (χ3n) is 2.75. The Hall–Kier alpha value is -1.69. The van der Waals surface area contributed by atoms with Crippen LogP contribution in [0, 0.1) is 16.0 Å². The Labute approximate surface area is 93.0 Å². The van der Waals surface area contributed by atoms with Crippen LogP contribution in [-0.4, -0.2) is 22.5 Å². The highest BCUT2D eigenvalue weighted by Crippen LogP contribution is 2.34. The molecule has 16 heavy (non-hydrogen) atoms. The number of hydrogen-bond donors (Lipinski definition) is 2. The molecule has 1 aliphatic rings. The van der Waals surface area contributed by atoms with Gasteiger partial charge in [-0.2, -0.15) is 0 Å². The molecule has 0 aliphatic heterocycles. The van der Waals surface area contributed by atoms with Crippen molar-refractivity contribution in [1.29, 1.82) is 0 Å². The van der Waals surface area contributed by atoms with Crippen molar-refractivity contribution in [2.24, 2.45) is 11.7 Å². The number of hydrogen-bond acceptors (Lipinski definition) is 5. The van der Waals surface area contributed by atoms with Crippen LogP contribution in [0.15, 0.2) is 18.3 Å². The molecule has 1 aliphatic carbocycles. The molecule has 2 rings (SSSR count). The van der Waals surface area contributed by atoms with Gasteiger partial charge in [0, 0.05) is 12.6 Å². The van der Waals surface area contributed by atoms with Gasteiger partial charge in [-0.15, -0.1) is 0 Å². The average Bonchev–Trinajstić information content (AvgIpc) is 3.10. The Morgan fingerprint density at radius 3 is 3.00 bits per heavy atom. The summed E-state index contributed by atoms with van der Waals surface area (Å²) < 4.78 is 0. The number of nitrogens with two attached hydrogens (primary N) is 1. The first kappa shape index (κ1) is 10.8. The zero-order valence-electron chi connectivity index (χ0n) is 8.80. The van der Waals surface area contributed by atoms with E-state index in [2.05, 4.69) is 10.3 Å². The summed E-state index contributed by atoms with van der Waals surface area (Å²) in [6.45, 7) is 0.483. The summed E-state index contributed by atoms with van der Waals surface area (Å²) in [4.78, 5) is 14.0. The van der Waals surface area contributed by atoms with Crippen molar-refractivity contribution < 1.29 is 4.92 Å². The maximum absolute atomic E-state index is 10.7. The number of rotatable bonds is 5. The smallest absolute Gasteiger partial charge is 0.374 e. The molecular formula is C10H14N4O2. The van der Waals surface area contributed by atoms with Gasteiger partial charge in [0.25, 0.3) is 0 Å². The van der Waals surface area contributed by atoms with Crippen LogP contribution in [0.1, 0.15) is 12.8 Å². The number of anilines is 1. The second-order valence-electron chi connectivity index (χ2n) is 3.96. The van der Waals surface area contributed by atoms with Crippen molar-refractivity contribution in [3.63, 3.8) is 0 Å². The van der Waals surface area contributed by atoms with Crippen LogP contribution < -0.4 is 11.1 Å². The zero-order chi connectivity index (χ0) is 11.5. The van der Waals surface area contributed by atoms with Crippen LogP contribution in [0.2, 0.25) is 0 Å². The molecule has 1 aromatic rings. The lowest BCUT2D eigenvalue weighted by Gasteiger charge is -2.16. The van der Waals surface area contributed by atoms with E-state index in [0.717, 1.165) is 12.8 Å². The number of aromatic nitrogens is 1. The number of nitro groups is 1. The molecule has 0 radical (unpaired) electrons. The predicted molar refractivity (Wildman–Crippen MR) is 60.1 cm³/mol. The van der Waals surface area contributed by atoms with Crippen molar-refractivity contribution in [1.82, 2.24) is 4.98 Å². The average molecular weight is 222 g/mol. The van der Waals surface area contributed by atoms with Crippen molar-refractivity contribution in [3.05, 3.63) is 28.4 Å².